The van der Waals surface area contributed by atoms with Crippen molar-refractivity contribution in [3.8, 4) is 0 Å². The van der Waals surface area contributed by atoms with E-state index in [0.717, 1.165) is 5.56 Å². The van der Waals surface area contributed by atoms with E-state index in [1.54, 1.807) is 39.0 Å². The van der Waals surface area contributed by atoms with Crippen molar-refractivity contribution in [2.75, 3.05) is 13.6 Å². The molecule has 0 spiro atoms. The Labute approximate surface area is 126 Å². The normalized spacial score (nSPS) is 13.8. The first kappa shape index (κ1) is 17.6. The van der Waals surface area contributed by atoms with E-state index in [4.69, 9.17) is 5.73 Å². The summed E-state index contributed by atoms with van der Waals surface area (Å²) in [6, 6.07) is 6.22. The van der Waals surface area contributed by atoms with Crippen LogP contribution in [0.1, 0.15) is 32.4 Å². The Balaban J connectivity index is 2.92. The molecule has 1 rings (SSSR count). The van der Waals surface area contributed by atoms with Crippen LogP contribution in [0.5, 0.6) is 0 Å². The third-order valence-corrected chi connectivity index (χ3v) is 4.64. The van der Waals surface area contributed by atoms with Gasteiger partial charge < -0.3 is 11.1 Å². The highest BCUT2D eigenvalue weighted by molar-refractivity contribution is 7.89. The van der Waals surface area contributed by atoms with Gasteiger partial charge in [0.05, 0.1) is 10.3 Å². The van der Waals surface area contributed by atoms with E-state index in [2.05, 4.69) is 10.0 Å². The SMILES string of the molecule is CNC(=O)C(C)(C)CNS(=O)(=O)c1cccc(C(C)N)c1. The van der Waals surface area contributed by atoms with Gasteiger partial charge in [0.25, 0.3) is 0 Å². The smallest absolute Gasteiger partial charge is 0.240 e. The second-order valence-electron chi connectivity index (χ2n) is 5.65. The molecule has 0 saturated heterocycles. The van der Waals surface area contributed by atoms with E-state index in [1.807, 2.05) is 0 Å². The van der Waals surface area contributed by atoms with Crippen LogP contribution in [0.2, 0.25) is 0 Å². The largest absolute Gasteiger partial charge is 0.359 e. The lowest BCUT2D eigenvalue weighted by molar-refractivity contribution is -0.128. The van der Waals surface area contributed by atoms with Gasteiger partial charge in [0.2, 0.25) is 15.9 Å². The summed E-state index contributed by atoms with van der Waals surface area (Å²) >= 11 is 0. The molecule has 1 aromatic carbocycles. The first-order valence-electron chi connectivity index (χ1n) is 6.67. The third kappa shape index (κ3) is 4.52. The number of carbonyl (C=O) groups is 1. The summed E-state index contributed by atoms with van der Waals surface area (Å²) in [5.41, 5.74) is 5.67. The fourth-order valence-electron chi connectivity index (χ4n) is 1.74. The molecule has 0 radical (unpaired) electrons. The van der Waals surface area contributed by atoms with Crippen LogP contribution in [-0.4, -0.2) is 27.9 Å². The van der Waals surface area contributed by atoms with Crippen LogP contribution >= 0.6 is 0 Å². The van der Waals surface area contributed by atoms with Gasteiger partial charge in [-0.2, -0.15) is 0 Å². The van der Waals surface area contributed by atoms with Gasteiger partial charge in [-0.1, -0.05) is 12.1 Å². The highest BCUT2D eigenvalue weighted by atomic mass is 32.2. The lowest BCUT2D eigenvalue weighted by atomic mass is 9.93. The molecule has 0 aliphatic heterocycles. The minimum absolute atomic E-state index is 0.0113. The van der Waals surface area contributed by atoms with Crippen LogP contribution in [0.15, 0.2) is 29.2 Å². The molecule has 0 heterocycles. The van der Waals surface area contributed by atoms with Crippen molar-refractivity contribution >= 4 is 15.9 Å². The van der Waals surface area contributed by atoms with E-state index >= 15 is 0 Å². The summed E-state index contributed by atoms with van der Waals surface area (Å²) in [5.74, 6) is -0.227. The van der Waals surface area contributed by atoms with Gasteiger partial charge in [0, 0.05) is 19.6 Å². The Bertz CT molecular complexity index is 610. The second-order valence-corrected chi connectivity index (χ2v) is 7.42. The van der Waals surface area contributed by atoms with Crippen molar-refractivity contribution in [1.82, 2.24) is 10.0 Å². The highest BCUT2D eigenvalue weighted by Crippen LogP contribution is 2.18. The van der Waals surface area contributed by atoms with Crippen LogP contribution < -0.4 is 15.8 Å². The zero-order valence-electron chi connectivity index (χ0n) is 12.8. The van der Waals surface area contributed by atoms with E-state index in [0.29, 0.717) is 0 Å². The summed E-state index contributed by atoms with van der Waals surface area (Å²) in [7, 11) is -2.16. The summed E-state index contributed by atoms with van der Waals surface area (Å²) in [6.45, 7) is 5.14. The van der Waals surface area contributed by atoms with Gasteiger partial charge >= 0.3 is 0 Å². The number of carbonyl (C=O) groups excluding carboxylic acids is 1. The maximum absolute atomic E-state index is 12.3. The van der Waals surface area contributed by atoms with Crippen molar-refractivity contribution in [1.29, 1.82) is 0 Å². The summed E-state index contributed by atoms with van der Waals surface area (Å²) < 4.78 is 27.0. The Hall–Kier alpha value is -1.44. The number of nitrogens with two attached hydrogens (primary N) is 1. The Morgan fingerprint density at radius 1 is 1.38 bits per heavy atom. The van der Waals surface area contributed by atoms with Crippen molar-refractivity contribution in [3.63, 3.8) is 0 Å². The molecule has 118 valence electrons. The molecule has 6 nitrogen and oxygen atoms in total. The molecule has 1 aromatic rings. The van der Waals surface area contributed by atoms with Gasteiger partial charge in [-0.15, -0.1) is 0 Å². The Morgan fingerprint density at radius 2 is 2.00 bits per heavy atom. The third-order valence-electron chi connectivity index (χ3n) is 3.24. The van der Waals surface area contributed by atoms with Crippen molar-refractivity contribution in [3.05, 3.63) is 29.8 Å². The van der Waals surface area contributed by atoms with Crippen LogP contribution in [0, 0.1) is 5.41 Å². The van der Waals surface area contributed by atoms with Gasteiger partial charge in [0.15, 0.2) is 0 Å². The molecule has 0 aliphatic carbocycles. The molecule has 0 bridgehead atoms. The maximum atomic E-state index is 12.3. The molecular weight excluding hydrogens is 290 g/mol. The average molecular weight is 313 g/mol. The van der Waals surface area contributed by atoms with Crippen LogP contribution in [0.3, 0.4) is 0 Å². The summed E-state index contributed by atoms with van der Waals surface area (Å²) in [6.07, 6.45) is 0. The summed E-state index contributed by atoms with van der Waals surface area (Å²) in [4.78, 5) is 11.8. The van der Waals surface area contributed by atoms with E-state index in [1.165, 1.54) is 13.1 Å². The molecule has 4 N–H and O–H groups in total. The molecule has 0 aliphatic rings. The Morgan fingerprint density at radius 3 is 2.52 bits per heavy atom. The minimum Gasteiger partial charge on any atom is -0.359 e. The topological polar surface area (TPSA) is 101 Å². The number of hydrogen-bond donors (Lipinski definition) is 3. The number of amides is 1. The second kappa shape index (κ2) is 6.55. The highest BCUT2D eigenvalue weighted by Gasteiger charge is 2.29. The lowest BCUT2D eigenvalue weighted by Crippen LogP contribution is -2.43. The predicted molar refractivity (Wildman–Crippen MR) is 82.1 cm³/mol. The standard InChI is InChI=1S/C14H23N3O3S/c1-10(15)11-6-5-7-12(8-11)21(19,20)17-9-14(2,3)13(18)16-4/h5-8,10,17H,9,15H2,1-4H3,(H,16,18). The maximum Gasteiger partial charge on any atom is 0.240 e. The predicted octanol–water partition coefficient (Wildman–Crippen LogP) is 0.757. The molecule has 0 saturated carbocycles. The van der Waals surface area contributed by atoms with Crippen molar-refractivity contribution in [2.24, 2.45) is 11.1 Å². The van der Waals surface area contributed by atoms with Gasteiger partial charge in [0.1, 0.15) is 0 Å². The van der Waals surface area contributed by atoms with Crippen molar-refractivity contribution < 1.29 is 13.2 Å². The zero-order valence-corrected chi connectivity index (χ0v) is 13.6. The van der Waals surface area contributed by atoms with Crippen LogP contribution in [0.25, 0.3) is 0 Å². The molecule has 1 unspecified atom stereocenters. The number of nitrogens with one attached hydrogen (secondary N) is 2. The van der Waals surface area contributed by atoms with E-state index < -0.39 is 15.4 Å². The molecule has 1 amide bonds. The van der Waals surface area contributed by atoms with Crippen molar-refractivity contribution in [2.45, 2.75) is 31.7 Å². The van der Waals surface area contributed by atoms with Gasteiger partial charge in [-0.25, -0.2) is 13.1 Å². The molecular formula is C14H23N3O3S. The first-order chi connectivity index (χ1) is 9.60. The average Bonchev–Trinajstić information content (AvgIpc) is 2.44. The fraction of sp³-hybridized carbons (Fsp3) is 0.500. The molecule has 1 atom stereocenters. The number of rotatable bonds is 6. The number of hydrogen-bond acceptors (Lipinski definition) is 4. The first-order valence-corrected chi connectivity index (χ1v) is 8.16. The molecule has 21 heavy (non-hydrogen) atoms. The number of benzene rings is 1. The molecule has 7 heteroatoms. The lowest BCUT2D eigenvalue weighted by Gasteiger charge is -2.22. The van der Waals surface area contributed by atoms with Gasteiger partial charge in [-0.05, 0) is 38.5 Å². The zero-order chi connectivity index (χ0) is 16.3. The van der Waals surface area contributed by atoms with E-state index in [9.17, 15) is 13.2 Å². The number of sulfonamides is 1. The van der Waals surface area contributed by atoms with E-state index in [-0.39, 0.29) is 23.4 Å². The monoisotopic (exact) mass is 313 g/mol. The van der Waals surface area contributed by atoms with Crippen LogP contribution in [-0.2, 0) is 14.8 Å². The Kier molecular flexibility index (Phi) is 5.49. The summed E-state index contributed by atoms with van der Waals surface area (Å²) in [5, 5.41) is 2.52. The fourth-order valence-corrected chi connectivity index (χ4v) is 3.01. The van der Waals surface area contributed by atoms with Gasteiger partial charge in [-0.3, -0.25) is 4.79 Å². The van der Waals surface area contributed by atoms with Crippen LogP contribution in [0.4, 0.5) is 0 Å². The molecule has 0 fully saturated rings. The minimum atomic E-state index is -3.68. The quantitative estimate of drug-likeness (QED) is 0.721. The molecule has 0 aromatic heterocycles.